The van der Waals surface area contributed by atoms with Crippen molar-refractivity contribution >= 4 is 42.6 Å². The van der Waals surface area contributed by atoms with Gasteiger partial charge in [0.05, 0.1) is 6.61 Å². The van der Waals surface area contributed by atoms with Crippen LogP contribution in [-0.4, -0.2) is 33.0 Å². The summed E-state index contributed by atoms with van der Waals surface area (Å²) in [6, 6.07) is 0. The average Bonchev–Trinajstić information content (AvgIpc) is 2.13. The molecule has 2 unspecified atom stereocenters. The molecule has 0 aromatic carbocycles. The van der Waals surface area contributed by atoms with Gasteiger partial charge < -0.3 is 11.2 Å². The molecule has 0 aliphatic rings. The van der Waals surface area contributed by atoms with Gasteiger partial charge in [0, 0.05) is 22.0 Å². The number of hydrogen-bond donors (Lipinski definition) is 2. The fraction of sp³-hybridized carbons (Fsp3) is 1.00. The first-order valence-corrected chi connectivity index (χ1v) is 7.56. The SMILES string of the molecule is CC(C)(COP(=O)(O)O)C(Cl)CC(Cl)CCl.[H-].[K+]. The Morgan fingerprint density at radius 2 is 1.88 bits per heavy atom. The second kappa shape index (κ2) is 9.53. The Labute approximate surface area is 161 Å². The molecule has 0 saturated carbocycles. The fourth-order valence-corrected chi connectivity index (χ4v) is 2.12. The summed E-state index contributed by atoms with van der Waals surface area (Å²) >= 11 is 17.5. The van der Waals surface area contributed by atoms with Crippen molar-refractivity contribution in [3.63, 3.8) is 0 Å². The molecule has 100 valence electrons. The first kappa shape index (κ1) is 21.9. The minimum atomic E-state index is -4.46. The van der Waals surface area contributed by atoms with E-state index in [0.717, 1.165) is 0 Å². The fourth-order valence-electron chi connectivity index (χ4n) is 0.947. The molecule has 0 spiro atoms. The first-order valence-electron chi connectivity index (χ1n) is 4.62. The average molecular weight is 354 g/mol. The van der Waals surface area contributed by atoms with Gasteiger partial charge in [-0.25, -0.2) is 4.57 Å². The number of hydrogen-bond acceptors (Lipinski definition) is 2. The Kier molecular flexibility index (Phi) is 12.3. The summed E-state index contributed by atoms with van der Waals surface area (Å²) < 4.78 is 15.0. The zero-order valence-corrected chi connectivity index (χ0v) is 16.4. The molecule has 0 aromatic rings. The molecular formula is C8H17Cl3KO4P. The van der Waals surface area contributed by atoms with Crippen molar-refractivity contribution in [2.75, 3.05) is 12.5 Å². The third-order valence-electron chi connectivity index (χ3n) is 2.08. The largest absolute Gasteiger partial charge is 1.00 e. The van der Waals surface area contributed by atoms with Crippen molar-refractivity contribution in [3.05, 3.63) is 0 Å². The van der Waals surface area contributed by atoms with E-state index in [2.05, 4.69) is 4.52 Å². The molecule has 2 atom stereocenters. The molecule has 17 heavy (non-hydrogen) atoms. The predicted molar refractivity (Wildman–Crippen MR) is 67.5 cm³/mol. The van der Waals surface area contributed by atoms with Gasteiger partial charge >= 0.3 is 59.2 Å². The van der Waals surface area contributed by atoms with Crippen LogP contribution in [0, 0.1) is 5.41 Å². The number of halogens is 3. The Hall–Kier alpha value is 2.62. The second-order valence-electron chi connectivity index (χ2n) is 4.21. The maximum absolute atomic E-state index is 10.6. The minimum absolute atomic E-state index is 0. The summed E-state index contributed by atoms with van der Waals surface area (Å²) in [7, 11) is -4.46. The number of phosphoric acid groups is 1. The maximum atomic E-state index is 10.6. The van der Waals surface area contributed by atoms with Crippen LogP contribution in [0.5, 0.6) is 0 Å². The van der Waals surface area contributed by atoms with Crippen molar-refractivity contribution in [2.45, 2.75) is 31.0 Å². The molecule has 0 saturated heterocycles. The summed E-state index contributed by atoms with van der Waals surface area (Å²) in [4.78, 5) is 17.2. The van der Waals surface area contributed by atoms with Gasteiger partial charge in [0.1, 0.15) is 0 Å². The van der Waals surface area contributed by atoms with Gasteiger partial charge in [-0.2, -0.15) is 0 Å². The zero-order valence-electron chi connectivity index (χ0n) is 11.1. The molecule has 0 heterocycles. The Bertz CT molecular complexity index is 267. The number of phosphoric ester groups is 1. The van der Waals surface area contributed by atoms with E-state index in [9.17, 15) is 4.57 Å². The van der Waals surface area contributed by atoms with E-state index in [4.69, 9.17) is 44.6 Å². The standard InChI is InChI=1S/C8H16Cl3O4P.K.H/c1-8(2,5-15-16(12,13)14)7(11)3-6(10)4-9;;/h6-7H,3-5H2,1-2H3,(H2,12,13,14);;/q;+1;-1. The summed E-state index contributed by atoms with van der Waals surface area (Å²) in [6.45, 7) is 3.35. The van der Waals surface area contributed by atoms with E-state index in [1.165, 1.54) is 0 Å². The van der Waals surface area contributed by atoms with E-state index in [0.29, 0.717) is 6.42 Å². The normalized spacial score (nSPS) is 16.2. The summed E-state index contributed by atoms with van der Waals surface area (Å²) in [5.74, 6) is 0.278. The molecule has 0 fully saturated rings. The Morgan fingerprint density at radius 1 is 1.41 bits per heavy atom. The first-order chi connectivity index (χ1) is 7.08. The van der Waals surface area contributed by atoms with Crippen molar-refractivity contribution in [2.24, 2.45) is 5.41 Å². The van der Waals surface area contributed by atoms with Crippen LogP contribution in [0.3, 0.4) is 0 Å². The van der Waals surface area contributed by atoms with Crippen LogP contribution >= 0.6 is 42.6 Å². The molecule has 0 aliphatic carbocycles. The molecule has 4 nitrogen and oxygen atoms in total. The molecular weight excluding hydrogens is 337 g/mol. The topological polar surface area (TPSA) is 66.8 Å². The molecule has 0 bridgehead atoms. The molecule has 0 aromatic heterocycles. The zero-order chi connectivity index (χ0) is 13.0. The van der Waals surface area contributed by atoms with Gasteiger partial charge in [0.25, 0.3) is 0 Å². The van der Waals surface area contributed by atoms with E-state index in [-0.39, 0.29) is 76.1 Å². The third-order valence-corrected chi connectivity index (χ3v) is 4.18. The van der Waals surface area contributed by atoms with Crippen molar-refractivity contribution < 1.29 is 71.7 Å². The molecule has 2 N–H and O–H groups in total. The van der Waals surface area contributed by atoms with Crippen LogP contribution < -0.4 is 51.4 Å². The Balaban J connectivity index is -0.00000112. The van der Waals surface area contributed by atoms with Crippen LogP contribution in [0.25, 0.3) is 0 Å². The maximum Gasteiger partial charge on any atom is 1.00 e. The quantitative estimate of drug-likeness (QED) is 0.386. The molecule has 0 amide bonds. The molecule has 0 radical (unpaired) electrons. The summed E-state index contributed by atoms with van der Waals surface area (Å²) in [6.07, 6.45) is 0.449. The second-order valence-corrected chi connectivity index (χ2v) is 6.90. The summed E-state index contributed by atoms with van der Waals surface area (Å²) in [5.41, 5.74) is -0.595. The van der Waals surface area contributed by atoms with Gasteiger partial charge in [0.15, 0.2) is 0 Å². The number of rotatable bonds is 7. The van der Waals surface area contributed by atoms with Gasteiger partial charge in [-0.05, 0) is 6.42 Å². The summed E-state index contributed by atoms with van der Waals surface area (Å²) in [5, 5.41) is -0.640. The van der Waals surface area contributed by atoms with E-state index in [1.807, 2.05) is 0 Å². The van der Waals surface area contributed by atoms with E-state index < -0.39 is 13.2 Å². The van der Waals surface area contributed by atoms with E-state index >= 15 is 0 Å². The Morgan fingerprint density at radius 3 is 2.24 bits per heavy atom. The van der Waals surface area contributed by atoms with Gasteiger partial charge in [0.2, 0.25) is 0 Å². The minimum Gasteiger partial charge on any atom is -1.00 e. The van der Waals surface area contributed by atoms with Crippen molar-refractivity contribution in [1.82, 2.24) is 0 Å². The molecule has 0 rings (SSSR count). The van der Waals surface area contributed by atoms with Gasteiger partial charge in [-0.3, -0.25) is 4.52 Å². The number of alkyl halides is 3. The van der Waals surface area contributed by atoms with Gasteiger partial charge in [-0.15, -0.1) is 34.8 Å². The molecule has 9 heteroatoms. The molecule has 0 aliphatic heterocycles. The van der Waals surface area contributed by atoms with Crippen molar-refractivity contribution in [1.29, 1.82) is 0 Å². The third kappa shape index (κ3) is 11.0. The van der Waals surface area contributed by atoms with Crippen LogP contribution in [0.4, 0.5) is 0 Å². The predicted octanol–water partition coefficient (Wildman–Crippen LogP) is 0.0821. The van der Waals surface area contributed by atoms with Gasteiger partial charge in [-0.1, -0.05) is 13.8 Å². The van der Waals surface area contributed by atoms with Crippen LogP contribution in [-0.2, 0) is 9.09 Å². The van der Waals surface area contributed by atoms with Crippen LogP contribution in [0.15, 0.2) is 0 Å². The van der Waals surface area contributed by atoms with Crippen molar-refractivity contribution in [3.8, 4) is 0 Å². The smallest absolute Gasteiger partial charge is 1.00 e. The van der Waals surface area contributed by atoms with Crippen LogP contribution in [0.1, 0.15) is 21.7 Å². The van der Waals surface area contributed by atoms with E-state index in [1.54, 1.807) is 13.8 Å². The van der Waals surface area contributed by atoms with Crippen LogP contribution in [0.2, 0.25) is 0 Å². The monoisotopic (exact) mass is 352 g/mol.